The number of hydrogen-bond donors (Lipinski definition) is 2. The first-order chi connectivity index (χ1) is 9.40. The van der Waals surface area contributed by atoms with Gasteiger partial charge in [-0.3, -0.25) is 19.1 Å². The minimum absolute atomic E-state index is 0.289. The molecule has 0 radical (unpaired) electrons. The number of carboxylic acids is 1. The molecule has 2 N–H and O–H groups in total. The van der Waals surface area contributed by atoms with Crippen molar-refractivity contribution in [1.82, 2.24) is 20.0 Å². The van der Waals surface area contributed by atoms with Crippen molar-refractivity contribution in [2.75, 3.05) is 13.1 Å². The largest absolute Gasteiger partial charge is 0.481 e. The van der Waals surface area contributed by atoms with Crippen LogP contribution in [0.2, 0.25) is 0 Å². The van der Waals surface area contributed by atoms with E-state index < -0.39 is 24.3 Å². The molecular formula is C12H16N4O4. The minimum Gasteiger partial charge on any atom is -0.481 e. The van der Waals surface area contributed by atoms with E-state index in [4.69, 9.17) is 5.11 Å². The molecule has 8 heteroatoms. The van der Waals surface area contributed by atoms with Crippen molar-refractivity contribution in [2.45, 2.75) is 19.4 Å². The van der Waals surface area contributed by atoms with Gasteiger partial charge < -0.3 is 15.3 Å². The first-order valence-corrected chi connectivity index (χ1v) is 6.21. The molecule has 1 aliphatic heterocycles. The van der Waals surface area contributed by atoms with Crippen LogP contribution in [0.3, 0.4) is 0 Å². The fraction of sp³-hybridized carbons (Fsp3) is 0.500. The highest BCUT2D eigenvalue weighted by Gasteiger charge is 2.35. The van der Waals surface area contributed by atoms with Gasteiger partial charge in [-0.2, -0.15) is 5.10 Å². The summed E-state index contributed by atoms with van der Waals surface area (Å²) < 4.78 is 1.51. The zero-order valence-electron chi connectivity index (χ0n) is 11.3. The van der Waals surface area contributed by atoms with Gasteiger partial charge in [-0.1, -0.05) is 0 Å². The summed E-state index contributed by atoms with van der Waals surface area (Å²) in [7, 11) is 1.70. The predicted molar refractivity (Wildman–Crippen MR) is 68.0 cm³/mol. The van der Waals surface area contributed by atoms with Crippen LogP contribution in [0, 0.1) is 6.92 Å². The number of nitrogens with zero attached hydrogens (tertiary/aromatic N) is 3. The Balaban J connectivity index is 2.28. The maximum Gasteiger partial charge on any atom is 0.305 e. The zero-order chi connectivity index (χ0) is 14.9. The zero-order valence-corrected chi connectivity index (χ0v) is 11.3. The summed E-state index contributed by atoms with van der Waals surface area (Å²) in [5, 5.41) is 15.5. The second-order valence-corrected chi connectivity index (χ2v) is 4.71. The fourth-order valence-electron chi connectivity index (χ4n) is 2.29. The van der Waals surface area contributed by atoms with Crippen LogP contribution in [0.4, 0.5) is 0 Å². The number of piperazine rings is 1. The molecule has 1 aromatic rings. The average Bonchev–Trinajstić information content (AvgIpc) is 2.70. The number of rotatable bonds is 3. The molecule has 1 unspecified atom stereocenters. The van der Waals surface area contributed by atoms with Crippen molar-refractivity contribution in [1.29, 1.82) is 0 Å². The van der Waals surface area contributed by atoms with Crippen LogP contribution in [0.1, 0.15) is 22.5 Å². The van der Waals surface area contributed by atoms with Crippen molar-refractivity contribution in [3.05, 3.63) is 17.5 Å². The highest BCUT2D eigenvalue weighted by atomic mass is 16.4. The Labute approximate surface area is 115 Å². The summed E-state index contributed by atoms with van der Waals surface area (Å²) in [6, 6.07) is -0.978. The van der Waals surface area contributed by atoms with Crippen LogP contribution in [0.5, 0.6) is 0 Å². The lowest BCUT2D eigenvalue weighted by Crippen LogP contribution is -2.57. The maximum atomic E-state index is 12.5. The summed E-state index contributed by atoms with van der Waals surface area (Å²) in [6.45, 7) is 2.31. The number of aromatic nitrogens is 2. The van der Waals surface area contributed by atoms with Gasteiger partial charge in [0.1, 0.15) is 6.04 Å². The van der Waals surface area contributed by atoms with Crippen LogP contribution in [0.25, 0.3) is 0 Å². The van der Waals surface area contributed by atoms with Crippen molar-refractivity contribution in [2.24, 2.45) is 7.05 Å². The van der Waals surface area contributed by atoms with Crippen LogP contribution in [-0.2, 0) is 16.6 Å². The predicted octanol–water partition coefficient (Wildman–Crippen LogP) is -0.856. The van der Waals surface area contributed by atoms with Gasteiger partial charge in [0.2, 0.25) is 5.91 Å². The average molecular weight is 280 g/mol. The molecule has 0 aromatic carbocycles. The third kappa shape index (κ3) is 2.63. The Morgan fingerprint density at radius 2 is 2.25 bits per heavy atom. The van der Waals surface area contributed by atoms with E-state index in [0.717, 1.165) is 0 Å². The van der Waals surface area contributed by atoms with E-state index in [1.54, 1.807) is 20.2 Å². The van der Waals surface area contributed by atoms with E-state index in [9.17, 15) is 14.4 Å². The van der Waals surface area contributed by atoms with Crippen LogP contribution < -0.4 is 5.32 Å². The summed E-state index contributed by atoms with van der Waals surface area (Å²) >= 11 is 0. The Morgan fingerprint density at radius 3 is 2.80 bits per heavy atom. The number of carboxylic acid groups (broad SMARTS) is 1. The molecule has 1 aromatic heterocycles. The first-order valence-electron chi connectivity index (χ1n) is 6.21. The third-order valence-electron chi connectivity index (χ3n) is 3.20. The second kappa shape index (κ2) is 5.32. The normalized spacial score (nSPS) is 18.8. The summed E-state index contributed by atoms with van der Waals surface area (Å²) in [4.78, 5) is 36.4. The second-order valence-electron chi connectivity index (χ2n) is 4.71. The van der Waals surface area contributed by atoms with Crippen LogP contribution >= 0.6 is 0 Å². The lowest BCUT2D eigenvalue weighted by atomic mass is 10.1. The number of carbonyl (C=O) groups excluding carboxylic acids is 2. The Morgan fingerprint density at radius 1 is 1.55 bits per heavy atom. The Kier molecular flexibility index (Phi) is 3.73. The molecule has 8 nitrogen and oxygen atoms in total. The third-order valence-corrected chi connectivity index (χ3v) is 3.20. The van der Waals surface area contributed by atoms with Gasteiger partial charge in [0.25, 0.3) is 5.91 Å². The van der Waals surface area contributed by atoms with E-state index in [1.165, 1.54) is 9.58 Å². The molecule has 2 rings (SSSR count). The van der Waals surface area contributed by atoms with Gasteiger partial charge in [0, 0.05) is 26.3 Å². The first kappa shape index (κ1) is 14.0. The molecule has 1 fully saturated rings. The molecule has 1 saturated heterocycles. The number of carbonyl (C=O) groups is 3. The van der Waals surface area contributed by atoms with Gasteiger partial charge in [0.05, 0.1) is 17.7 Å². The van der Waals surface area contributed by atoms with Crippen molar-refractivity contribution >= 4 is 17.8 Å². The molecule has 0 aliphatic carbocycles. The van der Waals surface area contributed by atoms with E-state index in [2.05, 4.69) is 10.4 Å². The molecule has 20 heavy (non-hydrogen) atoms. The molecule has 1 aliphatic rings. The molecule has 2 amide bonds. The molecule has 0 saturated carbocycles. The standard InChI is InChI=1S/C12H16N4O4/c1-7-8(6-15(2)14-7)12(20)16-4-3-13-11(19)9(16)5-10(17)18/h6,9H,3-5H2,1-2H3,(H,13,19)(H,17,18). The SMILES string of the molecule is Cc1nn(C)cc1C(=O)N1CCNC(=O)C1CC(=O)O. The molecule has 2 heterocycles. The lowest BCUT2D eigenvalue weighted by Gasteiger charge is -2.34. The van der Waals surface area contributed by atoms with Gasteiger partial charge in [-0.05, 0) is 6.92 Å². The van der Waals surface area contributed by atoms with E-state index in [0.29, 0.717) is 17.8 Å². The maximum absolute atomic E-state index is 12.5. The quantitative estimate of drug-likeness (QED) is 0.750. The van der Waals surface area contributed by atoms with Gasteiger partial charge >= 0.3 is 5.97 Å². The molecule has 0 spiro atoms. The van der Waals surface area contributed by atoms with Crippen molar-refractivity contribution in [3.63, 3.8) is 0 Å². The molecule has 0 bridgehead atoms. The summed E-state index contributed by atoms with van der Waals surface area (Å²) in [5.41, 5.74) is 0.940. The van der Waals surface area contributed by atoms with E-state index in [-0.39, 0.29) is 12.5 Å². The van der Waals surface area contributed by atoms with Crippen LogP contribution in [-0.4, -0.2) is 56.7 Å². The Bertz CT molecular complexity index is 566. The number of aliphatic carboxylic acids is 1. The van der Waals surface area contributed by atoms with Crippen LogP contribution in [0.15, 0.2) is 6.20 Å². The highest BCUT2D eigenvalue weighted by Crippen LogP contribution is 2.15. The number of hydrogen-bond acceptors (Lipinski definition) is 4. The lowest BCUT2D eigenvalue weighted by molar-refractivity contribution is -0.142. The summed E-state index contributed by atoms with van der Waals surface area (Å²) in [5.74, 6) is -1.92. The van der Waals surface area contributed by atoms with E-state index >= 15 is 0 Å². The van der Waals surface area contributed by atoms with Crippen molar-refractivity contribution < 1.29 is 19.5 Å². The van der Waals surface area contributed by atoms with Gasteiger partial charge in [-0.15, -0.1) is 0 Å². The number of aryl methyl sites for hydroxylation is 2. The van der Waals surface area contributed by atoms with Crippen molar-refractivity contribution in [3.8, 4) is 0 Å². The molecule has 1 atom stereocenters. The smallest absolute Gasteiger partial charge is 0.305 e. The fourth-order valence-corrected chi connectivity index (χ4v) is 2.29. The van der Waals surface area contributed by atoms with Gasteiger partial charge in [0.15, 0.2) is 0 Å². The number of amides is 2. The van der Waals surface area contributed by atoms with Gasteiger partial charge in [-0.25, -0.2) is 0 Å². The molecular weight excluding hydrogens is 264 g/mol. The summed E-state index contributed by atoms with van der Waals surface area (Å²) in [6.07, 6.45) is 1.17. The highest BCUT2D eigenvalue weighted by molar-refractivity contribution is 5.99. The van der Waals surface area contributed by atoms with E-state index in [1.807, 2.05) is 0 Å². The monoisotopic (exact) mass is 280 g/mol. The topological polar surface area (TPSA) is 105 Å². The minimum atomic E-state index is -1.12. The molecule has 108 valence electrons. The Hall–Kier alpha value is -2.38. The number of nitrogens with one attached hydrogen (secondary N) is 1.